The summed E-state index contributed by atoms with van der Waals surface area (Å²) >= 11 is 0. The molecule has 4 rings (SSSR count). The second-order valence-electron chi connectivity index (χ2n) is 6.08. The van der Waals surface area contributed by atoms with Crippen LogP contribution in [0, 0.1) is 11.3 Å². The molecule has 0 N–H and O–H groups in total. The molecule has 1 heterocycles. The Bertz CT molecular complexity index is 1030. The summed E-state index contributed by atoms with van der Waals surface area (Å²) in [6.07, 6.45) is 1.63. The lowest BCUT2D eigenvalue weighted by atomic mass is 10.0. The highest BCUT2D eigenvalue weighted by molar-refractivity contribution is 5.86. The topological polar surface area (TPSA) is 39.9 Å². The van der Waals surface area contributed by atoms with Gasteiger partial charge in [0.15, 0.2) is 0 Å². The smallest absolute Gasteiger partial charge is 0.145 e. The number of pyridine rings is 1. The van der Waals surface area contributed by atoms with Gasteiger partial charge in [-0.05, 0) is 35.9 Å². The average molecular weight is 347 g/mol. The number of aromatic nitrogens is 1. The molecule has 4 aromatic rings. The minimum Gasteiger partial charge on any atom is -0.295 e. The summed E-state index contributed by atoms with van der Waals surface area (Å²) < 4.78 is 0. The van der Waals surface area contributed by atoms with Crippen molar-refractivity contribution in [2.75, 3.05) is 4.90 Å². The Hall–Kier alpha value is -3.90. The fraction of sp³-hybridized carbons (Fsp3) is 0. The fourth-order valence-electron chi connectivity index (χ4n) is 3.07. The zero-order valence-corrected chi connectivity index (χ0v) is 14.7. The van der Waals surface area contributed by atoms with E-state index in [2.05, 4.69) is 40.2 Å². The molecule has 3 heteroatoms. The van der Waals surface area contributed by atoms with Crippen molar-refractivity contribution in [3.63, 3.8) is 0 Å². The van der Waals surface area contributed by atoms with Gasteiger partial charge < -0.3 is 0 Å². The summed E-state index contributed by atoms with van der Waals surface area (Å²) in [5.74, 6) is 0.789. The number of anilines is 3. The Labute approximate surface area is 158 Å². The summed E-state index contributed by atoms with van der Waals surface area (Å²) in [4.78, 5) is 6.80. The molecule has 1 aromatic heterocycles. The highest BCUT2D eigenvalue weighted by atomic mass is 15.2. The number of hydrogen-bond acceptors (Lipinski definition) is 3. The van der Waals surface area contributed by atoms with Gasteiger partial charge >= 0.3 is 0 Å². The van der Waals surface area contributed by atoms with E-state index in [1.165, 1.54) is 0 Å². The monoisotopic (exact) mass is 347 g/mol. The molecule has 0 spiro atoms. The van der Waals surface area contributed by atoms with E-state index in [1.807, 2.05) is 72.8 Å². The minimum atomic E-state index is 0.540. The van der Waals surface area contributed by atoms with E-state index >= 15 is 0 Å². The first kappa shape index (κ1) is 16.6. The van der Waals surface area contributed by atoms with Crippen LogP contribution in [-0.2, 0) is 0 Å². The molecule has 0 aliphatic heterocycles. The van der Waals surface area contributed by atoms with Crippen LogP contribution >= 0.6 is 0 Å². The summed E-state index contributed by atoms with van der Waals surface area (Å²) in [5, 5.41) is 9.37. The maximum absolute atomic E-state index is 9.37. The fourth-order valence-corrected chi connectivity index (χ4v) is 3.07. The summed E-state index contributed by atoms with van der Waals surface area (Å²) in [6, 6.07) is 34.4. The summed E-state index contributed by atoms with van der Waals surface area (Å²) in [5.41, 5.74) is 4.51. The highest BCUT2D eigenvalue weighted by Gasteiger charge is 2.18. The zero-order chi connectivity index (χ0) is 18.5. The van der Waals surface area contributed by atoms with Crippen LogP contribution in [0.15, 0.2) is 103 Å². The Balaban J connectivity index is 1.97. The summed E-state index contributed by atoms with van der Waals surface area (Å²) in [6.45, 7) is 0. The van der Waals surface area contributed by atoms with Crippen molar-refractivity contribution in [1.29, 1.82) is 5.26 Å². The molecule has 0 amide bonds. The third-order valence-corrected chi connectivity index (χ3v) is 4.32. The third-order valence-electron chi connectivity index (χ3n) is 4.32. The van der Waals surface area contributed by atoms with Crippen LogP contribution in [0.4, 0.5) is 17.2 Å². The van der Waals surface area contributed by atoms with Crippen molar-refractivity contribution < 1.29 is 0 Å². The van der Waals surface area contributed by atoms with Crippen molar-refractivity contribution in [3.05, 3.63) is 109 Å². The Morgan fingerprint density at radius 3 is 1.74 bits per heavy atom. The quantitative estimate of drug-likeness (QED) is 0.448. The molecule has 0 aliphatic rings. The molecule has 0 saturated carbocycles. The van der Waals surface area contributed by atoms with Crippen LogP contribution in [0.1, 0.15) is 5.56 Å². The van der Waals surface area contributed by atoms with Gasteiger partial charge in [-0.1, -0.05) is 66.7 Å². The molecular formula is C24H17N3. The van der Waals surface area contributed by atoms with E-state index in [4.69, 9.17) is 0 Å². The molecule has 0 fully saturated rings. The molecule has 0 atom stereocenters. The number of para-hydroxylation sites is 2. The molecule has 0 bridgehead atoms. The van der Waals surface area contributed by atoms with E-state index in [9.17, 15) is 5.26 Å². The van der Waals surface area contributed by atoms with Gasteiger partial charge in [-0.15, -0.1) is 0 Å². The largest absolute Gasteiger partial charge is 0.295 e. The molecule has 3 nitrogen and oxygen atoms in total. The van der Waals surface area contributed by atoms with E-state index in [-0.39, 0.29) is 0 Å². The van der Waals surface area contributed by atoms with E-state index in [0.29, 0.717) is 5.56 Å². The van der Waals surface area contributed by atoms with Gasteiger partial charge in [-0.3, -0.25) is 4.90 Å². The lowest BCUT2D eigenvalue weighted by Crippen LogP contribution is -2.13. The van der Waals surface area contributed by atoms with Crippen LogP contribution < -0.4 is 4.90 Å². The summed E-state index contributed by atoms with van der Waals surface area (Å²) in [7, 11) is 0. The first-order chi connectivity index (χ1) is 13.4. The predicted molar refractivity (Wildman–Crippen MR) is 109 cm³/mol. The van der Waals surface area contributed by atoms with Crippen LogP contribution in [0.25, 0.3) is 11.1 Å². The normalized spacial score (nSPS) is 10.2. The molecule has 0 aliphatic carbocycles. The predicted octanol–water partition coefficient (Wildman–Crippen LogP) is 6.09. The van der Waals surface area contributed by atoms with Gasteiger partial charge in [-0.2, -0.15) is 5.26 Å². The van der Waals surface area contributed by atoms with E-state index < -0.39 is 0 Å². The maximum Gasteiger partial charge on any atom is 0.145 e. The van der Waals surface area contributed by atoms with Crippen molar-refractivity contribution >= 4 is 17.2 Å². The molecule has 128 valence electrons. The average Bonchev–Trinajstić information content (AvgIpc) is 2.76. The van der Waals surface area contributed by atoms with Crippen LogP contribution in [0.2, 0.25) is 0 Å². The van der Waals surface area contributed by atoms with Gasteiger partial charge in [0.05, 0.1) is 5.56 Å². The van der Waals surface area contributed by atoms with Crippen molar-refractivity contribution in [2.45, 2.75) is 0 Å². The second kappa shape index (κ2) is 7.55. The Morgan fingerprint density at radius 1 is 0.704 bits per heavy atom. The Morgan fingerprint density at radius 2 is 1.22 bits per heavy atom. The van der Waals surface area contributed by atoms with Crippen LogP contribution in [-0.4, -0.2) is 4.98 Å². The zero-order valence-electron chi connectivity index (χ0n) is 14.7. The molecular weight excluding hydrogens is 330 g/mol. The number of rotatable bonds is 4. The van der Waals surface area contributed by atoms with Gasteiger partial charge in [0.25, 0.3) is 0 Å². The third kappa shape index (κ3) is 3.42. The lowest BCUT2D eigenvalue weighted by molar-refractivity contribution is 1.17. The van der Waals surface area contributed by atoms with E-state index in [0.717, 1.165) is 28.3 Å². The van der Waals surface area contributed by atoms with Crippen molar-refractivity contribution in [1.82, 2.24) is 4.98 Å². The van der Waals surface area contributed by atoms with Crippen molar-refractivity contribution in [3.8, 4) is 17.2 Å². The molecule has 0 unspecified atom stereocenters. The van der Waals surface area contributed by atoms with Crippen LogP contribution in [0.3, 0.4) is 0 Å². The first-order valence-corrected chi connectivity index (χ1v) is 8.72. The second-order valence-corrected chi connectivity index (χ2v) is 6.08. The molecule has 0 radical (unpaired) electrons. The maximum atomic E-state index is 9.37. The number of nitrogens with zero attached hydrogens (tertiary/aromatic N) is 3. The number of benzene rings is 3. The minimum absolute atomic E-state index is 0.540. The van der Waals surface area contributed by atoms with Crippen LogP contribution in [0.5, 0.6) is 0 Å². The van der Waals surface area contributed by atoms with Gasteiger partial charge in [0.2, 0.25) is 0 Å². The number of nitriles is 1. The first-order valence-electron chi connectivity index (χ1n) is 8.72. The van der Waals surface area contributed by atoms with E-state index in [1.54, 1.807) is 6.20 Å². The van der Waals surface area contributed by atoms with Gasteiger partial charge in [-0.25, -0.2) is 4.98 Å². The standard InChI is InChI=1S/C24H17N3/c25-17-19-16-23(20-10-4-1-5-11-20)24(26-18-19)27(21-12-6-2-7-13-21)22-14-8-3-9-15-22/h1-16,18H. The highest BCUT2D eigenvalue weighted by Crippen LogP contribution is 2.39. The lowest BCUT2D eigenvalue weighted by Gasteiger charge is -2.26. The molecule has 0 saturated heterocycles. The Kier molecular flexibility index (Phi) is 4.63. The van der Waals surface area contributed by atoms with Gasteiger partial charge in [0.1, 0.15) is 11.9 Å². The van der Waals surface area contributed by atoms with Crippen molar-refractivity contribution in [2.24, 2.45) is 0 Å². The SMILES string of the molecule is N#Cc1cnc(N(c2ccccc2)c2ccccc2)c(-c2ccccc2)c1. The van der Waals surface area contributed by atoms with Gasteiger partial charge in [0, 0.05) is 23.1 Å². The number of hydrogen-bond donors (Lipinski definition) is 0. The molecule has 27 heavy (non-hydrogen) atoms. The molecule has 3 aromatic carbocycles.